The summed E-state index contributed by atoms with van der Waals surface area (Å²) >= 11 is 0. The van der Waals surface area contributed by atoms with E-state index in [1.165, 1.54) is 0 Å². The smallest absolute Gasteiger partial charge is 0.0724 e. The number of ether oxygens (including phenoxy) is 24. The Labute approximate surface area is 750 Å². The minimum absolute atomic E-state index is 0.176. The van der Waals surface area contributed by atoms with Crippen molar-refractivity contribution in [1.29, 1.82) is 0 Å². The van der Waals surface area contributed by atoms with Gasteiger partial charge in [-0.1, -0.05) is 84.9 Å². The Morgan fingerprint density at radius 1 is 0.252 bits per heavy atom. The molecular weight excluding hydrogens is 1630 g/mol. The first-order valence-corrected chi connectivity index (χ1v) is 44.6. The molecule has 1 aliphatic heterocycles. The maximum absolute atomic E-state index is 6.49. The lowest BCUT2D eigenvalue weighted by atomic mass is 9.90. The van der Waals surface area contributed by atoms with Crippen LogP contribution >= 0.6 is 0 Å². The van der Waals surface area contributed by atoms with Crippen LogP contribution in [0.1, 0.15) is 81.8 Å². The number of methoxy groups -OCH3 is 6. The van der Waals surface area contributed by atoms with Crippen LogP contribution in [0.3, 0.4) is 0 Å². The van der Waals surface area contributed by atoms with Gasteiger partial charge in [0.25, 0.3) is 0 Å². The second-order valence-electron chi connectivity index (χ2n) is 30.1. The molecule has 0 bridgehead atoms. The van der Waals surface area contributed by atoms with E-state index in [0.29, 0.717) is 284 Å². The van der Waals surface area contributed by atoms with Crippen LogP contribution in [0.2, 0.25) is 0 Å². The van der Waals surface area contributed by atoms with Crippen molar-refractivity contribution in [1.82, 2.24) is 19.9 Å². The Bertz CT molecular complexity index is 4440. The summed E-state index contributed by atoms with van der Waals surface area (Å²) in [5.41, 5.74) is 14.3. The zero-order chi connectivity index (χ0) is 88.4. The van der Waals surface area contributed by atoms with Crippen LogP contribution in [0, 0.1) is 0 Å². The van der Waals surface area contributed by atoms with E-state index in [1.807, 2.05) is 0 Å². The highest BCUT2D eigenvalue weighted by Crippen LogP contribution is 2.44. The van der Waals surface area contributed by atoms with E-state index in [2.05, 4.69) is 150 Å². The molecule has 0 saturated carbocycles. The minimum atomic E-state index is -0.177. The number of pyridine rings is 3. The maximum Gasteiger partial charge on any atom is 0.0724 e. The normalized spacial score (nSPS) is 13.8. The number of benzene rings is 6. The second-order valence-corrected chi connectivity index (χ2v) is 30.1. The maximum atomic E-state index is 6.49. The zero-order valence-corrected chi connectivity index (χ0v) is 75.6. The fraction of sp³-hybridized carbons (Fsp3) is 0.545. The molecule has 1 fully saturated rings. The third kappa shape index (κ3) is 36.0. The van der Waals surface area contributed by atoms with Gasteiger partial charge in [-0.05, 0) is 146 Å². The Morgan fingerprint density at radius 2 is 0.535 bits per heavy atom. The first-order chi connectivity index (χ1) is 62.9. The topological polar surface area (TPSA) is 263 Å². The molecular formula is C99H136N4O24. The highest BCUT2D eigenvalue weighted by molar-refractivity contribution is 6.00. The SMILES string of the molecule is COCCOCCOCCOCc1cccc2cc(-c3cccc(CN4[C@H](c5cccc(-c6cc(COCCOCCOCCOC)c7c(COCCOCCOCCOC)cccc7c6)n5)CCC[C@H]4c4cccc(-c5ccc(COCCOCCOCCOC)c6c(COCCOCCOCCOC)cccc56)n4)n3)cc(COCCOCCOCCOC)c12. The van der Waals surface area contributed by atoms with Crippen molar-refractivity contribution in [3.63, 3.8) is 0 Å². The van der Waals surface area contributed by atoms with Crippen LogP contribution in [-0.4, -0.2) is 300 Å². The molecule has 0 radical (unpaired) electrons. The van der Waals surface area contributed by atoms with Crippen molar-refractivity contribution in [2.75, 3.05) is 281 Å². The average molecular weight is 1770 g/mol. The van der Waals surface area contributed by atoms with E-state index in [9.17, 15) is 0 Å². The molecule has 1 saturated heterocycles. The molecule has 6 aromatic carbocycles. The number of nitrogens with zero attached hydrogens (tertiary/aromatic N) is 4. The molecule has 28 heteroatoms. The van der Waals surface area contributed by atoms with Gasteiger partial charge in [-0.2, -0.15) is 0 Å². The summed E-state index contributed by atoms with van der Waals surface area (Å²) in [6, 6.07) is 51.2. The molecule has 0 aliphatic carbocycles. The second kappa shape index (κ2) is 62.8. The highest BCUT2D eigenvalue weighted by Gasteiger charge is 2.35. The number of hydrogen-bond donors (Lipinski definition) is 0. The summed E-state index contributed by atoms with van der Waals surface area (Å²) in [4.78, 5) is 19.7. The summed E-state index contributed by atoms with van der Waals surface area (Å²) in [6.45, 7) is 19.3. The molecule has 696 valence electrons. The monoisotopic (exact) mass is 1760 g/mol. The fourth-order valence-electron chi connectivity index (χ4n) is 15.0. The summed E-state index contributed by atoms with van der Waals surface area (Å²) in [7, 11) is 9.95. The Kier molecular flexibility index (Phi) is 50.3. The number of hydrogen-bond acceptors (Lipinski definition) is 28. The number of likely N-dealkylation sites (tertiary alicyclic amines) is 1. The molecule has 10 rings (SSSR count). The van der Waals surface area contributed by atoms with E-state index in [4.69, 9.17) is 129 Å². The third-order valence-electron chi connectivity index (χ3n) is 21.1. The third-order valence-corrected chi connectivity index (χ3v) is 21.1. The van der Waals surface area contributed by atoms with Crippen molar-refractivity contribution in [2.45, 2.75) is 77.5 Å². The summed E-state index contributed by atoms with van der Waals surface area (Å²) in [6.07, 6.45) is 2.56. The molecule has 0 unspecified atom stereocenters. The lowest BCUT2D eigenvalue weighted by molar-refractivity contribution is 0.000525. The lowest BCUT2D eigenvalue weighted by Gasteiger charge is -2.41. The molecule has 1 aliphatic rings. The number of piperidine rings is 1. The molecule has 9 aromatic rings. The first-order valence-electron chi connectivity index (χ1n) is 44.6. The van der Waals surface area contributed by atoms with Crippen molar-refractivity contribution in [3.05, 3.63) is 196 Å². The number of fused-ring (bicyclic) bond motifs is 3. The van der Waals surface area contributed by atoms with Crippen LogP contribution in [-0.2, 0) is 160 Å². The molecule has 2 atom stereocenters. The molecule has 127 heavy (non-hydrogen) atoms. The quantitative estimate of drug-likeness (QED) is 0.0321. The van der Waals surface area contributed by atoms with Crippen molar-refractivity contribution in [3.8, 4) is 33.8 Å². The largest absolute Gasteiger partial charge is 0.382 e. The number of aromatic nitrogens is 3. The minimum Gasteiger partial charge on any atom is -0.382 e. The number of rotatable bonds is 73. The van der Waals surface area contributed by atoms with Gasteiger partial charge in [0.2, 0.25) is 0 Å². The van der Waals surface area contributed by atoms with Crippen LogP contribution < -0.4 is 0 Å². The fourth-order valence-corrected chi connectivity index (χ4v) is 15.0. The standard InChI is InChI=1S/C99H136N4O24/c1-104-30-36-110-42-48-116-54-60-122-71-79-16-7-14-77-66-83(68-85(97(77)79)75-126-64-58-120-52-46-114-40-34-108-5)90-21-10-19-87(100-90)70-103-95(93-24-11-22-91(101-93)84-67-78-15-8-17-80(72-123-61-55-117-49-43-111-37-31-105-2)98(78)86(69-84)76-127-65-59-121-53-47-115-41-35-109-6)26-13-27-96(103)94-25-12-23-92(102-94)88-29-28-82(74-125-63-57-119-51-45-113-39-33-107-4)99-81(18-9-20-89(88)99)73-124-62-56-118-50-44-112-38-32-106-3/h7-12,14-25,28-29,66-69,95-96H,13,26-27,30-65,70-76H2,1-6H3/t95-,96-/m0/s1. The van der Waals surface area contributed by atoms with Crippen LogP contribution in [0.15, 0.2) is 146 Å². The van der Waals surface area contributed by atoms with Gasteiger partial charge < -0.3 is 114 Å². The Balaban J connectivity index is 0.984. The highest BCUT2D eigenvalue weighted by atomic mass is 16.6. The predicted octanol–water partition coefficient (Wildman–Crippen LogP) is 14.0. The van der Waals surface area contributed by atoms with Gasteiger partial charge in [-0.15, -0.1) is 0 Å². The molecule has 28 nitrogen and oxygen atoms in total. The Morgan fingerprint density at radius 3 is 0.898 bits per heavy atom. The summed E-state index contributed by atoms with van der Waals surface area (Å²) in [5.74, 6) is 0. The van der Waals surface area contributed by atoms with E-state index in [-0.39, 0.29) is 12.1 Å². The van der Waals surface area contributed by atoms with Crippen molar-refractivity contribution in [2.24, 2.45) is 0 Å². The van der Waals surface area contributed by atoms with Crippen LogP contribution in [0.25, 0.3) is 66.1 Å². The molecule has 4 heterocycles. The van der Waals surface area contributed by atoms with E-state index in [0.717, 1.165) is 136 Å². The van der Waals surface area contributed by atoms with E-state index < -0.39 is 0 Å². The molecule has 0 spiro atoms. The first kappa shape index (κ1) is 102. The summed E-state index contributed by atoms with van der Waals surface area (Å²) < 4.78 is 138. The van der Waals surface area contributed by atoms with Gasteiger partial charge in [0.1, 0.15) is 0 Å². The molecule has 0 amide bonds. The summed E-state index contributed by atoms with van der Waals surface area (Å²) in [5, 5.41) is 6.30. The molecule has 0 N–H and O–H groups in total. The lowest BCUT2D eigenvalue weighted by Crippen LogP contribution is -2.37. The molecule has 3 aromatic heterocycles. The van der Waals surface area contributed by atoms with Gasteiger partial charge in [0, 0.05) is 65.9 Å². The van der Waals surface area contributed by atoms with Crippen LogP contribution in [0.5, 0.6) is 0 Å². The van der Waals surface area contributed by atoms with E-state index in [1.54, 1.807) is 42.7 Å². The average Bonchev–Trinajstić information content (AvgIpc) is 0.787. The zero-order valence-electron chi connectivity index (χ0n) is 75.6. The van der Waals surface area contributed by atoms with Gasteiger partial charge in [0.15, 0.2) is 0 Å². The van der Waals surface area contributed by atoms with E-state index >= 15 is 0 Å². The van der Waals surface area contributed by atoms with Gasteiger partial charge in [-0.3, -0.25) is 19.9 Å². The van der Waals surface area contributed by atoms with Crippen molar-refractivity contribution >= 4 is 32.3 Å². The Hall–Kier alpha value is -7.45. The predicted molar refractivity (Wildman–Crippen MR) is 485 cm³/mol. The van der Waals surface area contributed by atoms with Gasteiger partial charge >= 0.3 is 0 Å². The van der Waals surface area contributed by atoms with Gasteiger partial charge in [0.05, 0.1) is 324 Å². The van der Waals surface area contributed by atoms with Gasteiger partial charge in [-0.25, -0.2) is 0 Å². The van der Waals surface area contributed by atoms with Crippen molar-refractivity contribution < 1.29 is 114 Å². The van der Waals surface area contributed by atoms with Crippen LogP contribution in [0.4, 0.5) is 0 Å².